The minimum absolute atomic E-state index is 0.622. The van der Waals surface area contributed by atoms with Crippen LogP contribution in [0.3, 0.4) is 0 Å². The first-order valence-corrected chi connectivity index (χ1v) is 8.61. The van der Waals surface area contributed by atoms with Gasteiger partial charge in [-0.05, 0) is 43.4 Å². The lowest BCUT2D eigenvalue weighted by atomic mass is 9.94. The molecular formula is C19H24N4. The molecule has 0 spiro atoms. The number of aryl methyl sites for hydroxylation is 1. The summed E-state index contributed by atoms with van der Waals surface area (Å²) in [5.41, 5.74) is 2.40. The summed E-state index contributed by atoms with van der Waals surface area (Å²) >= 11 is 0. The predicted octanol–water partition coefficient (Wildman–Crippen LogP) is 2.89. The molecule has 0 amide bonds. The van der Waals surface area contributed by atoms with Crippen molar-refractivity contribution in [2.24, 2.45) is 5.92 Å². The molecule has 2 bridgehead atoms. The van der Waals surface area contributed by atoms with Crippen molar-refractivity contribution in [1.29, 1.82) is 0 Å². The molecule has 2 aromatic rings. The van der Waals surface area contributed by atoms with Crippen molar-refractivity contribution < 1.29 is 0 Å². The SMILES string of the molecule is Cc1ccc(N2C[C@@H]3CC[C@H](C2)N(Cc2ccccc2)C3)nn1. The number of aromatic nitrogens is 2. The molecule has 3 aliphatic heterocycles. The third-order valence-corrected chi connectivity index (χ3v) is 5.16. The van der Waals surface area contributed by atoms with Gasteiger partial charge in [0.15, 0.2) is 5.82 Å². The number of benzene rings is 1. The summed E-state index contributed by atoms with van der Waals surface area (Å²) in [6.45, 7) is 6.44. The van der Waals surface area contributed by atoms with E-state index in [1.165, 1.54) is 24.9 Å². The van der Waals surface area contributed by atoms with Gasteiger partial charge in [-0.3, -0.25) is 4.90 Å². The van der Waals surface area contributed by atoms with E-state index >= 15 is 0 Å². The van der Waals surface area contributed by atoms with Gasteiger partial charge in [-0.1, -0.05) is 30.3 Å². The maximum Gasteiger partial charge on any atom is 0.151 e. The van der Waals surface area contributed by atoms with E-state index in [1.807, 2.05) is 6.92 Å². The highest BCUT2D eigenvalue weighted by atomic mass is 15.3. The molecule has 4 heteroatoms. The second kappa shape index (κ2) is 6.28. The number of piperidine rings is 1. The molecule has 4 nitrogen and oxygen atoms in total. The molecule has 3 fully saturated rings. The molecule has 1 aromatic carbocycles. The van der Waals surface area contributed by atoms with E-state index in [2.05, 4.69) is 62.5 Å². The zero-order chi connectivity index (χ0) is 15.6. The van der Waals surface area contributed by atoms with Crippen molar-refractivity contribution in [3.05, 3.63) is 53.7 Å². The van der Waals surface area contributed by atoms with Crippen LogP contribution in [0.4, 0.5) is 5.82 Å². The molecule has 3 aliphatic rings. The monoisotopic (exact) mass is 308 g/mol. The molecule has 1 aromatic heterocycles. The summed E-state index contributed by atoms with van der Waals surface area (Å²) < 4.78 is 0. The molecule has 3 saturated heterocycles. The first-order valence-electron chi connectivity index (χ1n) is 8.61. The van der Waals surface area contributed by atoms with Crippen molar-refractivity contribution in [2.75, 3.05) is 24.5 Å². The number of fused-ring (bicyclic) bond motifs is 4. The lowest BCUT2D eigenvalue weighted by molar-refractivity contribution is 0.126. The Kier molecular flexibility index (Phi) is 4.00. The van der Waals surface area contributed by atoms with Crippen molar-refractivity contribution in [1.82, 2.24) is 15.1 Å². The molecule has 120 valence electrons. The minimum atomic E-state index is 0.622. The van der Waals surface area contributed by atoms with Crippen molar-refractivity contribution >= 4 is 5.82 Å². The fraction of sp³-hybridized carbons (Fsp3) is 0.474. The summed E-state index contributed by atoms with van der Waals surface area (Å²) in [6, 6.07) is 15.7. The second-order valence-electron chi connectivity index (χ2n) is 6.95. The Balaban J connectivity index is 1.51. The number of hydrogen-bond acceptors (Lipinski definition) is 4. The highest BCUT2D eigenvalue weighted by Gasteiger charge is 2.35. The smallest absolute Gasteiger partial charge is 0.151 e. The van der Waals surface area contributed by atoms with Gasteiger partial charge in [0.25, 0.3) is 0 Å². The van der Waals surface area contributed by atoms with Gasteiger partial charge in [0, 0.05) is 32.2 Å². The third-order valence-electron chi connectivity index (χ3n) is 5.16. The largest absolute Gasteiger partial charge is 0.353 e. The highest BCUT2D eigenvalue weighted by Crippen LogP contribution is 2.30. The fourth-order valence-corrected chi connectivity index (χ4v) is 3.94. The number of nitrogens with zero attached hydrogens (tertiary/aromatic N) is 4. The average molecular weight is 308 g/mol. The molecular weight excluding hydrogens is 284 g/mol. The van der Waals surface area contributed by atoms with Gasteiger partial charge < -0.3 is 4.90 Å². The van der Waals surface area contributed by atoms with Gasteiger partial charge in [0.1, 0.15) is 0 Å². The number of anilines is 1. The Hall–Kier alpha value is -1.94. The third kappa shape index (κ3) is 3.22. The van der Waals surface area contributed by atoms with E-state index in [0.717, 1.165) is 37.1 Å². The van der Waals surface area contributed by atoms with Crippen molar-refractivity contribution in [3.63, 3.8) is 0 Å². The lowest BCUT2D eigenvalue weighted by Crippen LogP contribution is -2.43. The summed E-state index contributed by atoms with van der Waals surface area (Å²) in [5.74, 6) is 1.77. The molecule has 0 saturated carbocycles. The standard InChI is InChI=1S/C19H24N4/c1-15-7-10-19(21-20-15)23-13-17-8-9-18(14-23)22(12-17)11-16-5-3-2-4-6-16/h2-7,10,17-18H,8-9,11-14H2,1H3/t17-,18-/m1/s1. The predicted molar refractivity (Wildman–Crippen MR) is 92.3 cm³/mol. The second-order valence-corrected chi connectivity index (χ2v) is 6.95. The van der Waals surface area contributed by atoms with E-state index in [0.29, 0.717) is 6.04 Å². The summed E-state index contributed by atoms with van der Waals surface area (Å²) in [6.07, 6.45) is 2.64. The van der Waals surface area contributed by atoms with Gasteiger partial charge in [-0.2, -0.15) is 5.10 Å². The quantitative estimate of drug-likeness (QED) is 0.873. The van der Waals surface area contributed by atoms with Gasteiger partial charge >= 0.3 is 0 Å². The fourth-order valence-electron chi connectivity index (χ4n) is 3.94. The van der Waals surface area contributed by atoms with Crippen LogP contribution in [0, 0.1) is 12.8 Å². The average Bonchev–Trinajstić information content (AvgIpc) is 2.88. The highest BCUT2D eigenvalue weighted by molar-refractivity contribution is 5.38. The summed E-state index contributed by atoms with van der Waals surface area (Å²) in [4.78, 5) is 5.12. The van der Waals surface area contributed by atoms with Crippen LogP contribution in [0.2, 0.25) is 0 Å². The van der Waals surface area contributed by atoms with Crippen LogP contribution in [0.25, 0.3) is 0 Å². The lowest BCUT2D eigenvalue weighted by Gasteiger charge is -2.36. The van der Waals surface area contributed by atoms with E-state index in [1.54, 1.807) is 0 Å². The first-order chi connectivity index (χ1) is 11.3. The topological polar surface area (TPSA) is 32.3 Å². The molecule has 0 aliphatic carbocycles. The summed E-state index contributed by atoms with van der Waals surface area (Å²) in [5, 5.41) is 8.64. The Morgan fingerprint density at radius 1 is 0.957 bits per heavy atom. The van der Waals surface area contributed by atoms with Gasteiger partial charge in [-0.15, -0.1) is 5.10 Å². The zero-order valence-corrected chi connectivity index (χ0v) is 13.7. The Morgan fingerprint density at radius 2 is 1.83 bits per heavy atom. The van der Waals surface area contributed by atoms with Crippen LogP contribution in [0.5, 0.6) is 0 Å². The van der Waals surface area contributed by atoms with Crippen LogP contribution >= 0.6 is 0 Å². The van der Waals surface area contributed by atoms with Crippen LogP contribution in [-0.2, 0) is 6.54 Å². The van der Waals surface area contributed by atoms with Crippen LogP contribution in [-0.4, -0.2) is 40.8 Å². The van der Waals surface area contributed by atoms with Gasteiger partial charge in [-0.25, -0.2) is 0 Å². The van der Waals surface area contributed by atoms with Gasteiger partial charge in [0.2, 0.25) is 0 Å². The molecule has 23 heavy (non-hydrogen) atoms. The molecule has 2 atom stereocenters. The van der Waals surface area contributed by atoms with E-state index in [4.69, 9.17) is 0 Å². The zero-order valence-electron chi connectivity index (χ0n) is 13.7. The number of hydrogen-bond donors (Lipinski definition) is 0. The van der Waals surface area contributed by atoms with Crippen molar-refractivity contribution in [3.8, 4) is 0 Å². The molecule has 0 unspecified atom stereocenters. The minimum Gasteiger partial charge on any atom is -0.353 e. The molecule has 0 radical (unpaired) electrons. The molecule has 5 rings (SSSR count). The summed E-state index contributed by atoms with van der Waals surface area (Å²) in [7, 11) is 0. The first kappa shape index (κ1) is 14.6. The maximum absolute atomic E-state index is 4.41. The molecule has 4 heterocycles. The van der Waals surface area contributed by atoms with E-state index in [-0.39, 0.29) is 0 Å². The number of rotatable bonds is 3. The van der Waals surface area contributed by atoms with E-state index < -0.39 is 0 Å². The van der Waals surface area contributed by atoms with E-state index in [9.17, 15) is 0 Å². The van der Waals surface area contributed by atoms with Gasteiger partial charge in [0.05, 0.1) is 5.69 Å². The Morgan fingerprint density at radius 3 is 2.61 bits per heavy atom. The van der Waals surface area contributed by atoms with Crippen LogP contribution in [0.1, 0.15) is 24.1 Å². The maximum atomic E-state index is 4.41. The van der Waals surface area contributed by atoms with Crippen LogP contribution in [0.15, 0.2) is 42.5 Å². The Labute approximate surface area is 138 Å². The van der Waals surface area contributed by atoms with Crippen LogP contribution < -0.4 is 4.90 Å². The Bertz CT molecular complexity index is 640. The normalized spacial score (nSPS) is 24.7. The van der Waals surface area contributed by atoms with Crippen molar-refractivity contribution in [2.45, 2.75) is 32.4 Å². The molecule has 0 N–H and O–H groups in total.